The first-order valence-electron chi connectivity index (χ1n) is 17.8. The first-order chi connectivity index (χ1) is 26.6. The fourth-order valence-corrected chi connectivity index (χ4v) is 8.63. The van der Waals surface area contributed by atoms with Crippen LogP contribution < -0.4 is 14.9 Å². The Balaban J connectivity index is 0.954. The lowest BCUT2D eigenvalue weighted by Crippen LogP contribution is -2.46. The molecule has 7 rings (SSSR count). The number of nitro groups is 1. The molecule has 1 aliphatic rings. The van der Waals surface area contributed by atoms with E-state index in [4.69, 9.17) is 11.6 Å². The standard InChI is InChI=1S/C42H38ClN5O5S2/c43-34-16-12-31(13-17-34)41-33(11-10-30-6-4-5-9-38(30)41)29-46-23-25-47(26-24-46)35-18-14-32(15-19-35)42(49)45-55(52,53)37-20-21-39(40(28-37)48(50)51)44-22-27-54-36-7-2-1-3-8-36/h1-21,28,44H,22-27,29H2,(H,45,49). The molecule has 1 heterocycles. The van der Waals surface area contributed by atoms with Crippen molar-refractivity contribution in [2.24, 2.45) is 0 Å². The lowest BCUT2D eigenvalue weighted by atomic mass is 9.93. The number of hydrogen-bond donors (Lipinski definition) is 2. The van der Waals surface area contributed by atoms with Gasteiger partial charge in [-0.1, -0.05) is 78.3 Å². The number of anilines is 2. The average Bonchev–Trinajstić information content (AvgIpc) is 3.20. The Bertz CT molecular complexity index is 2420. The zero-order chi connectivity index (χ0) is 38.4. The van der Waals surface area contributed by atoms with Gasteiger partial charge >= 0.3 is 0 Å². The van der Waals surface area contributed by atoms with Crippen LogP contribution in [0.4, 0.5) is 17.1 Å². The van der Waals surface area contributed by atoms with Crippen molar-refractivity contribution in [1.82, 2.24) is 9.62 Å². The maximum atomic E-state index is 13.2. The van der Waals surface area contributed by atoms with Crippen molar-refractivity contribution in [1.29, 1.82) is 0 Å². The molecule has 1 amide bonds. The number of halogens is 1. The van der Waals surface area contributed by atoms with E-state index in [0.717, 1.165) is 54.9 Å². The van der Waals surface area contributed by atoms with Crippen LogP contribution in [0.1, 0.15) is 15.9 Å². The molecular weight excluding hydrogens is 754 g/mol. The van der Waals surface area contributed by atoms with Crippen molar-refractivity contribution >= 4 is 67.1 Å². The van der Waals surface area contributed by atoms with E-state index in [1.807, 2.05) is 42.5 Å². The van der Waals surface area contributed by atoms with Crippen LogP contribution in [0.15, 0.2) is 143 Å². The number of benzene rings is 6. The highest BCUT2D eigenvalue weighted by Gasteiger charge is 2.25. The molecule has 1 fully saturated rings. The van der Waals surface area contributed by atoms with Gasteiger partial charge in [-0.15, -0.1) is 11.8 Å². The van der Waals surface area contributed by atoms with Crippen molar-refractivity contribution in [3.63, 3.8) is 0 Å². The van der Waals surface area contributed by atoms with Gasteiger partial charge in [0, 0.05) is 72.3 Å². The fourth-order valence-electron chi connectivity index (χ4n) is 6.72. The van der Waals surface area contributed by atoms with Gasteiger partial charge < -0.3 is 10.2 Å². The van der Waals surface area contributed by atoms with Crippen LogP contribution >= 0.6 is 23.4 Å². The van der Waals surface area contributed by atoms with Crippen molar-refractivity contribution in [3.05, 3.63) is 160 Å². The van der Waals surface area contributed by atoms with E-state index in [2.05, 4.69) is 68.4 Å². The molecule has 280 valence electrons. The summed E-state index contributed by atoms with van der Waals surface area (Å²) in [6, 6.07) is 40.9. The number of rotatable bonds is 13. The first kappa shape index (κ1) is 37.9. The van der Waals surface area contributed by atoms with E-state index in [-0.39, 0.29) is 16.1 Å². The number of fused-ring (bicyclic) bond motifs is 1. The van der Waals surface area contributed by atoms with Gasteiger partial charge in [-0.25, -0.2) is 13.1 Å². The molecule has 0 saturated carbocycles. The number of piperazine rings is 1. The lowest BCUT2D eigenvalue weighted by molar-refractivity contribution is -0.384. The number of nitro benzene ring substituents is 1. The fraction of sp³-hybridized carbons (Fsp3) is 0.167. The Morgan fingerprint density at radius 2 is 1.53 bits per heavy atom. The van der Waals surface area contributed by atoms with E-state index >= 15 is 0 Å². The molecule has 10 nitrogen and oxygen atoms in total. The minimum atomic E-state index is -4.40. The summed E-state index contributed by atoms with van der Waals surface area (Å²) in [5.74, 6) is -0.184. The quantitative estimate of drug-likeness (QED) is 0.0512. The minimum absolute atomic E-state index is 0.153. The van der Waals surface area contributed by atoms with Crippen LogP contribution in [0.2, 0.25) is 5.02 Å². The average molecular weight is 792 g/mol. The van der Waals surface area contributed by atoms with Crippen LogP contribution in [0, 0.1) is 10.1 Å². The van der Waals surface area contributed by atoms with Crippen LogP contribution in [0.25, 0.3) is 21.9 Å². The number of thioether (sulfide) groups is 1. The van der Waals surface area contributed by atoms with E-state index in [9.17, 15) is 23.3 Å². The summed E-state index contributed by atoms with van der Waals surface area (Å²) in [6.45, 7) is 4.44. The molecule has 1 aliphatic heterocycles. The minimum Gasteiger partial charge on any atom is -0.379 e. The monoisotopic (exact) mass is 791 g/mol. The van der Waals surface area contributed by atoms with Gasteiger partial charge in [0.2, 0.25) is 0 Å². The maximum Gasteiger partial charge on any atom is 0.293 e. The Hall–Kier alpha value is -5.40. The third kappa shape index (κ3) is 9.12. The second-order valence-electron chi connectivity index (χ2n) is 13.1. The highest BCUT2D eigenvalue weighted by molar-refractivity contribution is 7.99. The maximum absolute atomic E-state index is 13.2. The largest absolute Gasteiger partial charge is 0.379 e. The van der Waals surface area contributed by atoms with Crippen molar-refractivity contribution in [2.45, 2.75) is 16.3 Å². The van der Waals surface area contributed by atoms with Crippen LogP contribution in [-0.2, 0) is 16.6 Å². The zero-order valence-corrected chi connectivity index (χ0v) is 32.1. The molecule has 0 aliphatic carbocycles. The molecule has 2 N–H and O–H groups in total. The summed E-state index contributed by atoms with van der Waals surface area (Å²) < 4.78 is 28.4. The van der Waals surface area contributed by atoms with Gasteiger partial charge in [0.05, 0.1) is 9.82 Å². The molecule has 0 aromatic heterocycles. The molecule has 6 aromatic rings. The third-order valence-electron chi connectivity index (χ3n) is 9.54. The number of nitrogens with one attached hydrogen (secondary N) is 2. The topological polar surface area (TPSA) is 125 Å². The van der Waals surface area contributed by atoms with E-state index in [1.54, 1.807) is 36.0 Å². The van der Waals surface area contributed by atoms with Crippen molar-refractivity contribution in [2.75, 3.05) is 48.7 Å². The summed E-state index contributed by atoms with van der Waals surface area (Å²) in [5.41, 5.74) is 4.46. The summed E-state index contributed by atoms with van der Waals surface area (Å²) in [4.78, 5) is 29.6. The lowest BCUT2D eigenvalue weighted by Gasteiger charge is -2.36. The zero-order valence-electron chi connectivity index (χ0n) is 29.7. The molecule has 0 atom stereocenters. The van der Waals surface area contributed by atoms with E-state index < -0.39 is 26.5 Å². The number of sulfonamides is 1. The molecule has 0 radical (unpaired) electrons. The van der Waals surface area contributed by atoms with E-state index in [1.165, 1.54) is 34.0 Å². The van der Waals surface area contributed by atoms with Crippen LogP contribution in [-0.4, -0.2) is 62.6 Å². The summed E-state index contributed by atoms with van der Waals surface area (Å²) in [7, 11) is -4.40. The third-order valence-corrected chi connectivity index (χ3v) is 12.1. The van der Waals surface area contributed by atoms with Gasteiger partial charge in [-0.3, -0.25) is 19.8 Å². The predicted molar refractivity (Wildman–Crippen MR) is 222 cm³/mol. The molecule has 6 aromatic carbocycles. The van der Waals surface area contributed by atoms with Crippen LogP contribution in [0.5, 0.6) is 0 Å². The molecule has 0 unspecified atom stereocenters. The number of carbonyl (C=O) groups is 1. The number of amides is 1. The summed E-state index contributed by atoms with van der Waals surface area (Å²) >= 11 is 7.81. The molecule has 1 saturated heterocycles. The van der Waals surface area contributed by atoms with Gasteiger partial charge in [-0.05, 0) is 88.1 Å². The van der Waals surface area contributed by atoms with Gasteiger partial charge in [0.15, 0.2) is 0 Å². The molecule has 13 heteroatoms. The summed E-state index contributed by atoms with van der Waals surface area (Å²) in [6.07, 6.45) is 0. The van der Waals surface area contributed by atoms with Crippen molar-refractivity contribution in [3.8, 4) is 11.1 Å². The predicted octanol–water partition coefficient (Wildman–Crippen LogP) is 8.71. The van der Waals surface area contributed by atoms with Crippen LogP contribution in [0.3, 0.4) is 0 Å². The second-order valence-corrected chi connectivity index (χ2v) is 16.4. The Labute approximate surface area is 329 Å². The van der Waals surface area contributed by atoms with Gasteiger partial charge in [0.25, 0.3) is 21.6 Å². The number of carbonyl (C=O) groups excluding carboxylic acids is 1. The second kappa shape index (κ2) is 17.0. The Kier molecular flexibility index (Phi) is 11.7. The molecular formula is C42H38ClN5O5S2. The Morgan fingerprint density at radius 1 is 0.818 bits per heavy atom. The highest BCUT2D eigenvalue weighted by Crippen LogP contribution is 2.34. The highest BCUT2D eigenvalue weighted by atomic mass is 35.5. The number of hydrogen-bond acceptors (Lipinski definition) is 9. The van der Waals surface area contributed by atoms with Gasteiger partial charge in [0.1, 0.15) is 5.69 Å². The Morgan fingerprint density at radius 3 is 2.25 bits per heavy atom. The number of nitrogens with zero attached hydrogens (tertiary/aromatic N) is 3. The molecule has 55 heavy (non-hydrogen) atoms. The van der Waals surface area contributed by atoms with Gasteiger partial charge in [-0.2, -0.15) is 0 Å². The molecule has 0 spiro atoms. The normalized spacial score (nSPS) is 13.4. The smallest absolute Gasteiger partial charge is 0.293 e. The summed E-state index contributed by atoms with van der Waals surface area (Å²) in [5, 5.41) is 18.0. The van der Waals surface area contributed by atoms with E-state index in [0.29, 0.717) is 17.3 Å². The first-order valence-corrected chi connectivity index (χ1v) is 20.6. The SMILES string of the molecule is O=C(NS(=O)(=O)c1ccc(NCCSc2ccccc2)c([N+](=O)[O-])c1)c1ccc(N2CCN(Cc3ccc4ccccc4c3-c3ccc(Cl)cc3)CC2)cc1. The van der Waals surface area contributed by atoms with Crippen molar-refractivity contribution < 1.29 is 18.1 Å². The molecule has 0 bridgehead atoms.